The second-order valence-corrected chi connectivity index (χ2v) is 7.14. The van der Waals surface area contributed by atoms with Crippen molar-refractivity contribution < 1.29 is 14.4 Å². The Balaban J connectivity index is 2.03. The van der Waals surface area contributed by atoms with E-state index in [1.807, 2.05) is 24.3 Å². The van der Waals surface area contributed by atoms with E-state index in [1.54, 1.807) is 43.2 Å². The zero-order valence-electron chi connectivity index (χ0n) is 16.1. The molecule has 146 valence electrons. The Morgan fingerprint density at radius 2 is 2.00 bits per heavy atom. The molecule has 1 atom stereocenters. The quantitative estimate of drug-likeness (QED) is 0.562. The van der Waals surface area contributed by atoms with Crippen LogP contribution >= 0.6 is 0 Å². The number of methoxy groups -OCH3 is 1. The smallest absolute Gasteiger partial charge is 0.278 e. The van der Waals surface area contributed by atoms with Crippen molar-refractivity contribution >= 4 is 16.6 Å². The lowest BCUT2D eigenvalue weighted by Gasteiger charge is -2.17. The van der Waals surface area contributed by atoms with Crippen LogP contribution in [-0.2, 0) is 10.3 Å². The minimum Gasteiger partial charge on any atom is -0.394 e. The first-order chi connectivity index (χ1) is 13.4. The van der Waals surface area contributed by atoms with Crippen molar-refractivity contribution in [2.75, 3.05) is 13.7 Å². The van der Waals surface area contributed by atoms with E-state index >= 15 is 0 Å². The Hall–Kier alpha value is -3.04. The standard InChI is InChI=1S/C19H21N5O4/c1-11(9-25)24-13-8-6-5-7-12(13)23-10-20-14(15(23)17(24)26)16-21-18(28-22-16)19(2,3)27-4/h5-8,10-11,25H,9H2,1-4H3. The fourth-order valence-corrected chi connectivity index (χ4v) is 3.16. The molecule has 0 amide bonds. The molecule has 9 heteroatoms. The molecule has 0 saturated carbocycles. The number of aliphatic hydroxyl groups excluding tert-OH is 1. The summed E-state index contributed by atoms with van der Waals surface area (Å²) >= 11 is 0. The molecule has 28 heavy (non-hydrogen) atoms. The number of hydrogen-bond acceptors (Lipinski definition) is 7. The van der Waals surface area contributed by atoms with Crippen LogP contribution in [0.15, 0.2) is 39.9 Å². The van der Waals surface area contributed by atoms with Gasteiger partial charge in [0.2, 0.25) is 5.82 Å². The molecule has 0 fully saturated rings. The summed E-state index contributed by atoms with van der Waals surface area (Å²) in [6, 6.07) is 7.06. The average molecular weight is 383 g/mol. The van der Waals surface area contributed by atoms with Crippen molar-refractivity contribution in [1.29, 1.82) is 0 Å². The third kappa shape index (κ3) is 2.62. The van der Waals surface area contributed by atoms with E-state index in [4.69, 9.17) is 9.26 Å². The number of hydrogen-bond donors (Lipinski definition) is 1. The van der Waals surface area contributed by atoms with Crippen molar-refractivity contribution in [2.45, 2.75) is 32.4 Å². The summed E-state index contributed by atoms with van der Waals surface area (Å²) in [4.78, 5) is 22.1. The molecule has 0 bridgehead atoms. The van der Waals surface area contributed by atoms with Crippen LogP contribution in [0.1, 0.15) is 32.7 Å². The number of ether oxygens (including phenoxy) is 1. The Bertz CT molecular complexity index is 1220. The van der Waals surface area contributed by atoms with Crippen LogP contribution in [-0.4, -0.2) is 42.9 Å². The third-order valence-corrected chi connectivity index (χ3v) is 4.96. The van der Waals surface area contributed by atoms with Gasteiger partial charge in [-0.05, 0) is 32.9 Å². The second kappa shape index (κ2) is 6.54. The summed E-state index contributed by atoms with van der Waals surface area (Å²) in [6.07, 6.45) is 1.57. The van der Waals surface area contributed by atoms with E-state index in [0.717, 1.165) is 5.52 Å². The van der Waals surface area contributed by atoms with E-state index in [1.165, 1.54) is 0 Å². The average Bonchev–Trinajstić information content (AvgIpc) is 3.35. The Morgan fingerprint density at radius 3 is 2.68 bits per heavy atom. The van der Waals surface area contributed by atoms with Crippen LogP contribution in [0.5, 0.6) is 0 Å². The van der Waals surface area contributed by atoms with Crippen molar-refractivity contribution in [3.63, 3.8) is 0 Å². The van der Waals surface area contributed by atoms with Gasteiger partial charge in [0.15, 0.2) is 0 Å². The van der Waals surface area contributed by atoms with Gasteiger partial charge in [-0.2, -0.15) is 4.98 Å². The Kier molecular flexibility index (Phi) is 4.28. The largest absolute Gasteiger partial charge is 0.394 e. The maximum absolute atomic E-state index is 13.3. The second-order valence-electron chi connectivity index (χ2n) is 7.14. The van der Waals surface area contributed by atoms with E-state index < -0.39 is 11.6 Å². The van der Waals surface area contributed by atoms with Gasteiger partial charge < -0.3 is 14.4 Å². The number of para-hydroxylation sites is 2. The molecule has 3 heterocycles. The highest BCUT2D eigenvalue weighted by Gasteiger charge is 2.29. The van der Waals surface area contributed by atoms with Gasteiger partial charge in [-0.15, -0.1) is 0 Å². The molecule has 4 rings (SSSR count). The zero-order valence-corrected chi connectivity index (χ0v) is 16.1. The van der Waals surface area contributed by atoms with Crippen LogP contribution in [0.4, 0.5) is 0 Å². The third-order valence-electron chi connectivity index (χ3n) is 4.96. The maximum Gasteiger partial charge on any atom is 0.278 e. The van der Waals surface area contributed by atoms with Crippen molar-refractivity contribution in [3.8, 4) is 11.5 Å². The molecule has 0 radical (unpaired) electrons. The lowest BCUT2D eigenvalue weighted by Crippen LogP contribution is -2.27. The molecule has 1 aromatic carbocycles. The molecule has 0 saturated heterocycles. The zero-order chi connectivity index (χ0) is 20.1. The Labute approximate surface area is 160 Å². The number of rotatable bonds is 5. The molecule has 3 aromatic heterocycles. The molecule has 1 N–H and O–H groups in total. The van der Waals surface area contributed by atoms with Crippen LogP contribution in [0, 0.1) is 0 Å². The SMILES string of the molecule is COC(C)(C)c1nc(-c2ncn3c2c(=O)n(C(C)CO)c2ccccc23)no1. The molecule has 0 aliphatic rings. The van der Waals surface area contributed by atoms with Gasteiger partial charge in [0, 0.05) is 7.11 Å². The number of benzene rings is 1. The summed E-state index contributed by atoms with van der Waals surface area (Å²) in [7, 11) is 1.55. The molecular weight excluding hydrogens is 362 g/mol. The molecular formula is C19H21N5O4. The lowest BCUT2D eigenvalue weighted by molar-refractivity contribution is -0.00786. The van der Waals surface area contributed by atoms with E-state index in [9.17, 15) is 9.90 Å². The van der Waals surface area contributed by atoms with Crippen molar-refractivity contribution in [3.05, 3.63) is 46.8 Å². The number of imidazole rings is 1. The monoisotopic (exact) mass is 383 g/mol. The van der Waals surface area contributed by atoms with E-state index in [0.29, 0.717) is 16.7 Å². The van der Waals surface area contributed by atoms with Crippen LogP contribution in [0.25, 0.3) is 28.1 Å². The minimum absolute atomic E-state index is 0.169. The molecule has 0 spiro atoms. The molecule has 1 unspecified atom stereocenters. The fourth-order valence-electron chi connectivity index (χ4n) is 3.16. The summed E-state index contributed by atoms with van der Waals surface area (Å²) in [5, 5.41) is 13.7. The molecule has 0 aliphatic carbocycles. The molecule has 9 nitrogen and oxygen atoms in total. The van der Waals surface area contributed by atoms with E-state index in [2.05, 4.69) is 15.1 Å². The number of aliphatic hydroxyl groups is 1. The van der Waals surface area contributed by atoms with Gasteiger partial charge in [-0.3, -0.25) is 13.8 Å². The lowest BCUT2D eigenvalue weighted by atomic mass is 10.1. The van der Waals surface area contributed by atoms with E-state index in [-0.39, 0.29) is 23.9 Å². The normalized spacial score (nSPS) is 13.5. The van der Waals surface area contributed by atoms with Crippen LogP contribution in [0.3, 0.4) is 0 Å². The van der Waals surface area contributed by atoms with Gasteiger partial charge in [0.05, 0.1) is 23.7 Å². The highest BCUT2D eigenvalue weighted by atomic mass is 16.5. The summed E-state index contributed by atoms with van der Waals surface area (Å²) in [6.45, 7) is 5.23. The van der Waals surface area contributed by atoms with Crippen molar-refractivity contribution in [2.24, 2.45) is 0 Å². The predicted molar refractivity (Wildman–Crippen MR) is 102 cm³/mol. The summed E-state index contributed by atoms with van der Waals surface area (Å²) in [5.74, 6) is 0.495. The predicted octanol–water partition coefficient (Wildman–Crippen LogP) is 2.13. The van der Waals surface area contributed by atoms with Gasteiger partial charge in [0.25, 0.3) is 11.4 Å². The first-order valence-electron chi connectivity index (χ1n) is 8.90. The number of aromatic nitrogens is 5. The maximum atomic E-state index is 13.3. The summed E-state index contributed by atoms with van der Waals surface area (Å²) < 4.78 is 14.0. The summed E-state index contributed by atoms with van der Waals surface area (Å²) in [5.41, 5.74) is 1.08. The molecule has 0 aliphatic heterocycles. The van der Waals surface area contributed by atoms with Gasteiger partial charge >= 0.3 is 0 Å². The first kappa shape index (κ1) is 18.3. The van der Waals surface area contributed by atoms with Gasteiger partial charge in [-0.25, -0.2) is 4.98 Å². The van der Waals surface area contributed by atoms with Gasteiger partial charge in [-0.1, -0.05) is 17.3 Å². The van der Waals surface area contributed by atoms with Crippen LogP contribution < -0.4 is 5.56 Å². The van der Waals surface area contributed by atoms with Crippen LogP contribution in [0.2, 0.25) is 0 Å². The highest BCUT2D eigenvalue weighted by molar-refractivity contribution is 5.83. The van der Waals surface area contributed by atoms with Crippen molar-refractivity contribution in [1.82, 2.24) is 24.1 Å². The first-order valence-corrected chi connectivity index (χ1v) is 8.90. The number of fused-ring (bicyclic) bond motifs is 3. The topological polar surface area (TPSA) is 108 Å². The molecule has 4 aromatic rings. The number of nitrogens with zero attached hydrogens (tertiary/aromatic N) is 5. The minimum atomic E-state index is -0.765. The highest BCUT2D eigenvalue weighted by Crippen LogP contribution is 2.27. The fraction of sp³-hybridized carbons (Fsp3) is 0.368. The van der Waals surface area contributed by atoms with Gasteiger partial charge in [0.1, 0.15) is 23.1 Å². The Morgan fingerprint density at radius 1 is 1.29 bits per heavy atom.